The molecule has 2 rings (SSSR count). The van der Waals surface area contributed by atoms with E-state index in [-0.39, 0.29) is 5.56 Å². The Morgan fingerprint density at radius 3 is 2.40 bits per heavy atom. The van der Waals surface area contributed by atoms with Gasteiger partial charge in [0.2, 0.25) is 5.82 Å². The molecule has 1 saturated heterocycles. The number of rotatable bonds is 3. The summed E-state index contributed by atoms with van der Waals surface area (Å²) in [6.45, 7) is -0.540. The summed E-state index contributed by atoms with van der Waals surface area (Å²) in [5.41, 5.74) is -0.981. The third-order valence-corrected chi connectivity index (χ3v) is 2.83. The van der Waals surface area contributed by atoms with Gasteiger partial charge in [-0.05, 0) is 0 Å². The lowest BCUT2D eigenvalue weighted by Crippen LogP contribution is -2.31. The molecule has 8 nitrogen and oxygen atoms in total. The van der Waals surface area contributed by atoms with Gasteiger partial charge >= 0.3 is 23.5 Å². The fourth-order valence-corrected chi connectivity index (χ4v) is 1.75. The first-order valence-electron chi connectivity index (χ1n) is 5.40. The average molecular weight is 281 g/mol. The van der Waals surface area contributed by atoms with Crippen molar-refractivity contribution in [3.63, 3.8) is 0 Å². The van der Waals surface area contributed by atoms with Crippen molar-refractivity contribution in [2.24, 2.45) is 0 Å². The van der Waals surface area contributed by atoms with Crippen LogP contribution in [-0.4, -0.2) is 39.6 Å². The molecule has 1 fully saturated rings. The molecule has 0 radical (unpaired) electrons. The molecule has 0 aromatic heterocycles. The number of imide groups is 2. The van der Waals surface area contributed by atoms with E-state index >= 15 is 0 Å². The number of benzene rings is 1. The fraction of sp³-hybridized carbons (Fsp3) is 0.182. The van der Waals surface area contributed by atoms with Crippen molar-refractivity contribution in [1.29, 1.82) is 0 Å². The van der Waals surface area contributed by atoms with Crippen LogP contribution in [0.15, 0.2) is 18.2 Å². The van der Waals surface area contributed by atoms with Crippen LogP contribution in [0.2, 0.25) is 0 Å². The van der Waals surface area contributed by atoms with Crippen LogP contribution in [0.1, 0.15) is 5.56 Å². The Balaban J connectivity index is 2.34. The van der Waals surface area contributed by atoms with Gasteiger partial charge in [-0.25, -0.2) is 4.79 Å². The molecule has 4 amide bonds. The minimum atomic E-state index is -1.14. The Morgan fingerprint density at radius 1 is 1.25 bits per heavy atom. The number of hydrogen-bond donors (Lipinski definition) is 0. The molecule has 20 heavy (non-hydrogen) atoms. The van der Waals surface area contributed by atoms with Crippen molar-refractivity contribution in [3.8, 4) is 0 Å². The fourth-order valence-electron chi connectivity index (χ4n) is 1.75. The highest BCUT2D eigenvalue weighted by molar-refractivity contribution is 6.44. The molecule has 1 aliphatic heterocycles. The van der Waals surface area contributed by atoms with Crippen LogP contribution in [0.4, 0.5) is 14.9 Å². The van der Waals surface area contributed by atoms with Crippen molar-refractivity contribution in [1.82, 2.24) is 9.80 Å². The molecule has 0 unspecified atom stereocenters. The summed E-state index contributed by atoms with van der Waals surface area (Å²) in [6, 6.07) is 2.49. The second kappa shape index (κ2) is 4.68. The van der Waals surface area contributed by atoms with Crippen molar-refractivity contribution in [2.45, 2.75) is 6.54 Å². The molecular formula is C11H8FN3O5. The number of amides is 4. The molecule has 1 heterocycles. The van der Waals surface area contributed by atoms with Crippen molar-refractivity contribution in [2.75, 3.05) is 7.05 Å². The van der Waals surface area contributed by atoms with Gasteiger partial charge < -0.3 is 0 Å². The first kappa shape index (κ1) is 13.6. The van der Waals surface area contributed by atoms with Gasteiger partial charge in [0.15, 0.2) is 0 Å². The summed E-state index contributed by atoms with van der Waals surface area (Å²) in [5.74, 6) is -3.26. The Kier molecular flexibility index (Phi) is 3.18. The van der Waals surface area contributed by atoms with Gasteiger partial charge in [0.05, 0.1) is 11.5 Å². The highest BCUT2D eigenvalue weighted by Gasteiger charge is 2.42. The van der Waals surface area contributed by atoms with E-state index in [2.05, 4.69) is 0 Å². The van der Waals surface area contributed by atoms with Gasteiger partial charge in [0.25, 0.3) is 0 Å². The first-order chi connectivity index (χ1) is 9.34. The SMILES string of the molecule is CN1C(=O)C(=O)N(Cc2cccc([N+](=O)[O-])c2F)C1=O. The van der Waals surface area contributed by atoms with E-state index in [1.807, 2.05) is 0 Å². The molecule has 1 aromatic rings. The number of carbonyl (C=O) groups is 3. The molecule has 9 heteroatoms. The highest BCUT2D eigenvalue weighted by atomic mass is 19.1. The molecule has 0 N–H and O–H groups in total. The van der Waals surface area contributed by atoms with Gasteiger partial charge in [-0.15, -0.1) is 0 Å². The summed E-state index contributed by atoms with van der Waals surface area (Å²) in [6.07, 6.45) is 0. The maximum Gasteiger partial charge on any atom is 0.334 e. The standard InChI is InChI=1S/C11H8FN3O5/c1-13-9(16)10(17)14(11(13)18)5-6-3-2-4-7(8(6)12)15(19)20/h2-4H,5H2,1H3. The molecule has 104 valence electrons. The highest BCUT2D eigenvalue weighted by Crippen LogP contribution is 2.23. The lowest BCUT2D eigenvalue weighted by Gasteiger charge is -2.13. The molecule has 0 saturated carbocycles. The number of nitrogens with zero attached hydrogens (tertiary/aromatic N) is 3. The average Bonchev–Trinajstić information content (AvgIpc) is 2.58. The number of hydrogen-bond acceptors (Lipinski definition) is 5. The smallest absolute Gasteiger partial charge is 0.263 e. The number of nitro benzene ring substituents is 1. The van der Waals surface area contributed by atoms with Crippen LogP contribution in [0.25, 0.3) is 0 Å². The topological polar surface area (TPSA) is 101 Å². The minimum Gasteiger partial charge on any atom is -0.263 e. The van der Waals surface area contributed by atoms with E-state index in [1.165, 1.54) is 12.1 Å². The lowest BCUT2D eigenvalue weighted by atomic mass is 10.1. The quantitative estimate of drug-likeness (QED) is 0.350. The normalized spacial score (nSPS) is 15.2. The first-order valence-corrected chi connectivity index (χ1v) is 5.40. The van der Waals surface area contributed by atoms with E-state index in [1.54, 1.807) is 0 Å². The predicted octanol–water partition coefficient (Wildman–Crippen LogP) is 0.654. The van der Waals surface area contributed by atoms with Crippen molar-refractivity contribution in [3.05, 3.63) is 39.7 Å². The second-order valence-electron chi connectivity index (χ2n) is 4.05. The van der Waals surface area contributed by atoms with Crippen LogP contribution in [0, 0.1) is 15.9 Å². The Labute approximate surface area is 111 Å². The largest absolute Gasteiger partial charge is 0.334 e. The molecule has 1 aliphatic rings. The van der Waals surface area contributed by atoms with Gasteiger partial charge in [-0.2, -0.15) is 4.39 Å². The van der Waals surface area contributed by atoms with Gasteiger partial charge in [-0.1, -0.05) is 12.1 Å². The zero-order valence-corrected chi connectivity index (χ0v) is 10.2. The van der Waals surface area contributed by atoms with Crippen molar-refractivity contribution < 1.29 is 23.7 Å². The Hall–Kier alpha value is -2.84. The summed E-state index contributed by atoms with van der Waals surface area (Å²) in [7, 11) is 1.12. The van der Waals surface area contributed by atoms with E-state index < -0.39 is 40.8 Å². The maximum atomic E-state index is 13.8. The Morgan fingerprint density at radius 2 is 1.90 bits per heavy atom. The number of urea groups is 1. The monoisotopic (exact) mass is 281 g/mol. The minimum absolute atomic E-state index is 0.219. The third-order valence-electron chi connectivity index (χ3n) is 2.83. The zero-order chi connectivity index (χ0) is 15.0. The molecule has 0 atom stereocenters. The molecule has 1 aromatic carbocycles. The number of halogens is 1. The molecule has 0 bridgehead atoms. The van der Waals surface area contributed by atoms with E-state index in [4.69, 9.17) is 0 Å². The maximum absolute atomic E-state index is 13.8. The van der Waals surface area contributed by atoms with Crippen LogP contribution in [0.3, 0.4) is 0 Å². The predicted molar refractivity (Wildman–Crippen MR) is 61.8 cm³/mol. The van der Waals surface area contributed by atoms with Crippen molar-refractivity contribution >= 4 is 23.5 Å². The van der Waals surface area contributed by atoms with E-state index in [9.17, 15) is 28.9 Å². The van der Waals surface area contributed by atoms with Gasteiger partial charge in [-0.3, -0.25) is 29.5 Å². The van der Waals surface area contributed by atoms with Gasteiger partial charge in [0.1, 0.15) is 0 Å². The third kappa shape index (κ3) is 1.98. The molecule has 0 spiro atoms. The molecule has 0 aliphatic carbocycles. The summed E-state index contributed by atoms with van der Waals surface area (Å²) in [4.78, 5) is 45.2. The summed E-state index contributed by atoms with van der Waals surface area (Å²) >= 11 is 0. The number of carbonyl (C=O) groups excluding carboxylic acids is 3. The van der Waals surface area contributed by atoms with Crippen LogP contribution in [0.5, 0.6) is 0 Å². The number of nitro groups is 1. The Bertz CT molecular complexity index is 645. The summed E-state index contributed by atoms with van der Waals surface area (Å²) in [5, 5.41) is 10.6. The van der Waals surface area contributed by atoms with E-state index in [0.29, 0.717) is 9.80 Å². The van der Waals surface area contributed by atoms with Gasteiger partial charge in [0, 0.05) is 18.7 Å². The second-order valence-corrected chi connectivity index (χ2v) is 4.05. The zero-order valence-electron chi connectivity index (χ0n) is 10.2. The number of likely N-dealkylation sites (N-methyl/N-ethyl adjacent to an activating group) is 1. The van der Waals surface area contributed by atoms with Crippen LogP contribution in [-0.2, 0) is 16.1 Å². The molecular weight excluding hydrogens is 273 g/mol. The van der Waals surface area contributed by atoms with E-state index in [0.717, 1.165) is 13.1 Å². The lowest BCUT2D eigenvalue weighted by molar-refractivity contribution is -0.387. The van der Waals surface area contributed by atoms with Crippen LogP contribution >= 0.6 is 0 Å². The van der Waals surface area contributed by atoms with Crippen LogP contribution < -0.4 is 0 Å². The summed E-state index contributed by atoms with van der Waals surface area (Å²) < 4.78 is 13.8.